The Morgan fingerprint density at radius 1 is 0.576 bits per heavy atom. The van der Waals surface area contributed by atoms with Crippen molar-refractivity contribution in [2.75, 3.05) is 33.0 Å². The maximum Gasteiger partial charge on any atom is 0.335 e. The van der Waals surface area contributed by atoms with E-state index < -0.39 is 128 Å². The lowest BCUT2D eigenvalue weighted by atomic mass is 10.0. The van der Waals surface area contributed by atoms with Gasteiger partial charge in [0.25, 0.3) is 5.91 Å². The fraction of sp³-hybridized carbons (Fsp3) is 0.512. The molecule has 2 rings (SSSR count). The predicted molar refractivity (Wildman–Crippen MR) is 224 cm³/mol. The molecule has 0 fully saturated rings. The highest BCUT2D eigenvalue weighted by Gasteiger charge is 2.32. The Balaban J connectivity index is 1.98. The highest BCUT2D eigenvalue weighted by molar-refractivity contribution is 5.96. The van der Waals surface area contributed by atoms with E-state index in [4.69, 9.17) is 14.3 Å². The summed E-state index contributed by atoms with van der Waals surface area (Å²) >= 11 is 0. The second kappa shape index (κ2) is 29.2. The van der Waals surface area contributed by atoms with Crippen LogP contribution >= 0.6 is 0 Å². The molecule has 0 bridgehead atoms. The molecule has 5 amide bonds. The summed E-state index contributed by atoms with van der Waals surface area (Å²) in [5.41, 5.74) is 1.32. The minimum Gasteiger partial charge on any atom is -0.492 e. The molecule has 66 heavy (non-hydrogen) atoms. The number of benzene rings is 1. The lowest BCUT2D eigenvalue weighted by molar-refractivity contribution is -0.147. The summed E-state index contributed by atoms with van der Waals surface area (Å²) in [4.78, 5) is 128. The van der Waals surface area contributed by atoms with E-state index in [1.807, 2.05) is 13.0 Å². The number of nitrogens with zero attached hydrogens (tertiary/aromatic N) is 1. The summed E-state index contributed by atoms with van der Waals surface area (Å²) in [6.07, 6.45) is -3.87. The normalized spacial score (nSPS) is 12.6. The molecule has 4 unspecified atom stereocenters. The zero-order valence-corrected chi connectivity index (χ0v) is 36.0. The second-order valence-corrected chi connectivity index (χ2v) is 14.6. The SMILES string of the molecule is Cc1cccc(C(=O)NCCCCC(NC(=O)C(CCC(=O)O)NC(=O)C(CCC(=O)O)NC(=O)C(CCC(=O)O)NC(=O)CCOCCOCCC(=O)On2c(O)ccc2O)C(=O)O)c1. The van der Waals surface area contributed by atoms with Crippen molar-refractivity contribution in [3.8, 4) is 11.8 Å². The third-order valence-electron chi connectivity index (χ3n) is 9.25. The molecule has 0 saturated heterocycles. The summed E-state index contributed by atoms with van der Waals surface area (Å²) in [5, 5.41) is 68.5. The number of nitrogens with one attached hydrogen (secondary N) is 5. The summed E-state index contributed by atoms with van der Waals surface area (Å²) in [6, 6.07) is 2.56. The first-order valence-corrected chi connectivity index (χ1v) is 20.7. The van der Waals surface area contributed by atoms with Crippen LogP contribution in [0.2, 0.25) is 0 Å². The van der Waals surface area contributed by atoms with Crippen LogP contribution in [0.3, 0.4) is 0 Å². The van der Waals surface area contributed by atoms with Crippen LogP contribution in [-0.2, 0) is 52.6 Å². The molecule has 11 N–H and O–H groups in total. The smallest absolute Gasteiger partial charge is 0.335 e. The molecule has 2 aromatic rings. The number of unbranched alkanes of at least 4 members (excludes halogenated alkanes) is 1. The van der Waals surface area contributed by atoms with Crippen LogP contribution in [0.1, 0.15) is 86.6 Å². The van der Waals surface area contributed by atoms with E-state index in [1.54, 1.807) is 18.2 Å². The minimum absolute atomic E-state index is 0.0327. The van der Waals surface area contributed by atoms with Crippen molar-refractivity contribution in [2.45, 2.75) is 102 Å². The molecule has 25 nitrogen and oxygen atoms in total. The molecule has 1 aromatic carbocycles. The Hall–Kier alpha value is -7.28. The van der Waals surface area contributed by atoms with E-state index in [1.165, 1.54) is 0 Å². The number of aromatic nitrogens is 1. The number of carboxylic acids is 4. The molecule has 364 valence electrons. The maximum atomic E-state index is 13.5. The molecule has 0 aliphatic rings. The summed E-state index contributed by atoms with van der Waals surface area (Å²) in [7, 11) is 0. The zero-order valence-electron chi connectivity index (χ0n) is 36.0. The van der Waals surface area contributed by atoms with Gasteiger partial charge in [-0.05, 0) is 57.6 Å². The number of ether oxygens (including phenoxy) is 2. The first-order chi connectivity index (χ1) is 31.3. The minimum atomic E-state index is -1.73. The number of carbonyl (C=O) groups is 10. The van der Waals surface area contributed by atoms with Crippen LogP contribution in [0.15, 0.2) is 36.4 Å². The number of aromatic hydroxyl groups is 2. The van der Waals surface area contributed by atoms with Crippen molar-refractivity contribution in [3.63, 3.8) is 0 Å². The van der Waals surface area contributed by atoms with E-state index in [-0.39, 0.29) is 64.6 Å². The third-order valence-corrected chi connectivity index (χ3v) is 9.25. The molecular formula is C41H56N6O19. The second-order valence-electron chi connectivity index (χ2n) is 14.6. The number of carbonyl (C=O) groups excluding carboxylic acids is 6. The fourth-order valence-corrected chi connectivity index (χ4v) is 5.80. The maximum absolute atomic E-state index is 13.5. The van der Waals surface area contributed by atoms with Gasteiger partial charge in [0.2, 0.25) is 35.4 Å². The van der Waals surface area contributed by atoms with Crippen molar-refractivity contribution < 1.29 is 92.9 Å². The first-order valence-electron chi connectivity index (χ1n) is 20.7. The fourth-order valence-electron chi connectivity index (χ4n) is 5.80. The lowest BCUT2D eigenvalue weighted by Gasteiger charge is -2.26. The predicted octanol–water partition coefficient (Wildman–Crippen LogP) is -0.805. The third kappa shape index (κ3) is 21.9. The van der Waals surface area contributed by atoms with Gasteiger partial charge < -0.3 is 71.5 Å². The van der Waals surface area contributed by atoms with Gasteiger partial charge in [0.1, 0.15) is 24.2 Å². The van der Waals surface area contributed by atoms with Crippen molar-refractivity contribution in [1.29, 1.82) is 0 Å². The standard InChI is InChI=1S/C41H56N6O19/c1-24-5-4-6-25(23-24)37(58)42-18-3-2-7-29(41(62)63)46-40(61)28(10-15-35(55)56)45-39(60)27(9-14-34(53)54)44-38(59)26(8-13-33(51)52)43-30(48)16-19-64-21-22-65-20-17-36(57)66-47-31(49)11-12-32(47)50/h4-6,11-12,23,26-29,49-50H,2-3,7-10,13-22H2,1H3,(H,42,58)(H,43,48)(H,44,59)(H,45,60)(H,46,61)(H,51,52)(H,53,54)(H,55,56)(H,62,63). The molecule has 0 saturated carbocycles. The number of aliphatic carboxylic acids is 4. The lowest BCUT2D eigenvalue weighted by Crippen LogP contribution is -2.58. The molecule has 25 heteroatoms. The van der Waals surface area contributed by atoms with Gasteiger partial charge in [0, 0.05) is 49.9 Å². The zero-order chi connectivity index (χ0) is 49.2. The van der Waals surface area contributed by atoms with Gasteiger partial charge in [-0.3, -0.25) is 38.4 Å². The Kier molecular flexibility index (Phi) is 24.3. The van der Waals surface area contributed by atoms with Crippen molar-refractivity contribution in [3.05, 3.63) is 47.5 Å². The molecule has 1 heterocycles. The van der Waals surface area contributed by atoms with E-state index in [0.717, 1.165) is 17.7 Å². The van der Waals surface area contributed by atoms with E-state index >= 15 is 0 Å². The van der Waals surface area contributed by atoms with Gasteiger partial charge in [0.05, 0.1) is 32.8 Å². The van der Waals surface area contributed by atoms with E-state index in [0.29, 0.717) is 16.7 Å². The van der Waals surface area contributed by atoms with Crippen LogP contribution in [-0.4, -0.2) is 152 Å². The summed E-state index contributed by atoms with van der Waals surface area (Å²) in [6.45, 7) is 1.58. The largest absolute Gasteiger partial charge is 0.492 e. The summed E-state index contributed by atoms with van der Waals surface area (Å²) in [5.74, 6) is -12.0. The average molecular weight is 937 g/mol. The van der Waals surface area contributed by atoms with E-state index in [9.17, 15) is 78.6 Å². The molecule has 0 aliphatic heterocycles. The number of amides is 5. The highest BCUT2D eigenvalue weighted by Crippen LogP contribution is 2.19. The molecule has 0 aliphatic carbocycles. The molecule has 4 atom stereocenters. The Labute approximate surface area is 377 Å². The topological polar surface area (TPSA) is 385 Å². The number of rotatable bonds is 33. The van der Waals surface area contributed by atoms with Crippen molar-refractivity contribution in [1.82, 2.24) is 31.3 Å². The summed E-state index contributed by atoms with van der Waals surface area (Å²) < 4.78 is 11.1. The van der Waals surface area contributed by atoms with Gasteiger partial charge in [-0.2, -0.15) is 0 Å². The molecular weight excluding hydrogens is 880 g/mol. The van der Waals surface area contributed by atoms with Crippen LogP contribution in [0, 0.1) is 6.92 Å². The van der Waals surface area contributed by atoms with Gasteiger partial charge in [-0.25, -0.2) is 9.59 Å². The monoisotopic (exact) mass is 936 g/mol. The Bertz CT molecular complexity index is 1990. The van der Waals surface area contributed by atoms with Crippen LogP contribution < -0.4 is 31.4 Å². The van der Waals surface area contributed by atoms with Crippen LogP contribution in [0.4, 0.5) is 0 Å². The van der Waals surface area contributed by atoms with Gasteiger partial charge in [0.15, 0.2) is 0 Å². The first kappa shape index (κ1) is 54.9. The highest BCUT2D eigenvalue weighted by atomic mass is 16.7. The van der Waals surface area contributed by atoms with Crippen LogP contribution in [0.5, 0.6) is 11.8 Å². The van der Waals surface area contributed by atoms with E-state index in [2.05, 4.69) is 26.6 Å². The van der Waals surface area contributed by atoms with Gasteiger partial charge in [-0.1, -0.05) is 17.7 Å². The van der Waals surface area contributed by atoms with Crippen LogP contribution in [0.25, 0.3) is 0 Å². The molecule has 0 radical (unpaired) electrons. The molecule has 1 aromatic heterocycles. The van der Waals surface area contributed by atoms with Gasteiger partial charge in [-0.15, -0.1) is 4.73 Å². The molecule has 0 spiro atoms. The average Bonchev–Trinajstić information content (AvgIpc) is 3.56. The number of hydrogen-bond acceptors (Lipinski definition) is 15. The van der Waals surface area contributed by atoms with Gasteiger partial charge >= 0.3 is 29.8 Å². The Morgan fingerprint density at radius 2 is 1.06 bits per heavy atom. The quantitative estimate of drug-likeness (QED) is 0.0390. The van der Waals surface area contributed by atoms with Crippen molar-refractivity contribution >= 4 is 59.4 Å². The number of carboxylic acid groups (broad SMARTS) is 4. The Morgan fingerprint density at radius 3 is 1.55 bits per heavy atom. The van der Waals surface area contributed by atoms with Crippen molar-refractivity contribution in [2.24, 2.45) is 0 Å². The number of aryl methyl sites for hydroxylation is 1. The number of hydrogen-bond donors (Lipinski definition) is 11.